The van der Waals surface area contributed by atoms with E-state index in [2.05, 4.69) is 24.4 Å². The first-order valence-corrected chi connectivity index (χ1v) is 7.30. The summed E-state index contributed by atoms with van der Waals surface area (Å²) in [6, 6.07) is 13.1. The summed E-state index contributed by atoms with van der Waals surface area (Å²) >= 11 is 0. The Morgan fingerprint density at radius 1 is 1.10 bits per heavy atom. The standard InChI is InChI=1S/C18H22FNO/c1-4-14-8-5-6-9-15(14)12-20-13(2)18-16(19)10-7-11-17(18)21-3/h5-11,13,20H,4,12H2,1-3H3. The Morgan fingerprint density at radius 2 is 1.81 bits per heavy atom. The smallest absolute Gasteiger partial charge is 0.131 e. The van der Waals surface area contributed by atoms with Crippen LogP contribution in [0.2, 0.25) is 0 Å². The summed E-state index contributed by atoms with van der Waals surface area (Å²) in [6.45, 7) is 4.81. The van der Waals surface area contributed by atoms with Crippen LogP contribution in [-0.4, -0.2) is 7.11 Å². The molecule has 2 aromatic rings. The molecule has 0 aliphatic carbocycles. The van der Waals surface area contributed by atoms with Crippen molar-refractivity contribution in [1.29, 1.82) is 0 Å². The molecule has 2 nitrogen and oxygen atoms in total. The molecule has 2 rings (SSSR count). The lowest BCUT2D eigenvalue weighted by atomic mass is 10.0. The first kappa shape index (κ1) is 15.5. The number of benzene rings is 2. The minimum Gasteiger partial charge on any atom is -0.496 e. The van der Waals surface area contributed by atoms with Gasteiger partial charge in [-0.15, -0.1) is 0 Å². The molecule has 1 atom stereocenters. The van der Waals surface area contributed by atoms with E-state index >= 15 is 0 Å². The largest absolute Gasteiger partial charge is 0.496 e. The maximum Gasteiger partial charge on any atom is 0.131 e. The van der Waals surface area contributed by atoms with Crippen molar-refractivity contribution in [1.82, 2.24) is 5.32 Å². The molecule has 0 amide bonds. The minimum absolute atomic E-state index is 0.119. The van der Waals surface area contributed by atoms with Gasteiger partial charge in [-0.3, -0.25) is 0 Å². The Balaban J connectivity index is 2.14. The third-order valence-corrected chi connectivity index (χ3v) is 3.76. The molecule has 0 aliphatic heterocycles. The van der Waals surface area contributed by atoms with E-state index in [1.54, 1.807) is 19.2 Å². The zero-order chi connectivity index (χ0) is 15.2. The monoisotopic (exact) mass is 287 g/mol. The van der Waals surface area contributed by atoms with Crippen molar-refractivity contribution in [3.8, 4) is 5.75 Å². The van der Waals surface area contributed by atoms with Gasteiger partial charge in [0.15, 0.2) is 0 Å². The van der Waals surface area contributed by atoms with Gasteiger partial charge in [-0.2, -0.15) is 0 Å². The molecule has 0 fully saturated rings. The van der Waals surface area contributed by atoms with Gasteiger partial charge in [-0.05, 0) is 36.6 Å². The van der Waals surface area contributed by atoms with E-state index in [-0.39, 0.29) is 11.9 Å². The number of nitrogens with one attached hydrogen (secondary N) is 1. The highest BCUT2D eigenvalue weighted by atomic mass is 19.1. The second-order valence-electron chi connectivity index (χ2n) is 5.08. The fraction of sp³-hybridized carbons (Fsp3) is 0.333. The number of methoxy groups -OCH3 is 1. The maximum absolute atomic E-state index is 14.0. The Hall–Kier alpha value is -1.87. The number of hydrogen-bond acceptors (Lipinski definition) is 2. The van der Waals surface area contributed by atoms with Crippen molar-refractivity contribution in [3.05, 3.63) is 65.0 Å². The summed E-state index contributed by atoms with van der Waals surface area (Å²) in [7, 11) is 1.57. The van der Waals surface area contributed by atoms with Crippen LogP contribution in [-0.2, 0) is 13.0 Å². The fourth-order valence-corrected chi connectivity index (χ4v) is 2.56. The highest BCUT2D eigenvalue weighted by Gasteiger charge is 2.16. The highest BCUT2D eigenvalue weighted by Crippen LogP contribution is 2.27. The van der Waals surface area contributed by atoms with Crippen LogP contribution in [0, 0.1) is 5.82 Å². The third-order valence-electron chi connectivity index (χ3n) is 3.76. The molecule has 1 unspecified atom stereocenters. The summed E-state index contributed by atoms with van der Waals surface area (Å²) in [5.74, 6) is 0.344. The van der Waals surface area contributed by atoms with Crippen molar-refractivity contribution >= 4 is 0 Å². The van der Waals surface area contributed by atoms with Gasteiger partial charge in [-0.1, -0.05) is 37.3 Å². The fourth-order valence-electron chi connectivity index (χ4n) is 2.56. The van der Waals surface area contributed by atoms with Gasteiger partial charge in [0.2, 0.25) is 0 Å². The lowest BCUT2D eigenvalue weighted by molar-refractivity contribution is 0.393. The van der Waals surface area contributed by atoms with Crippen LogP contribution in [0.15, 0.2) is 42.5 Å². The Kier molecular flexibility index (Phi) is 5.34. The van der Waals surface area contributed by atoms with Crippen LogP contribution in [0.25, 0.3) is 0 Å². The molecule has 112 valence electrons. The number of rotatable bonds is 6. The molecule has 0 aliphatic rings. The predicted molar refractivity (Wildman–Crippen MR) is 84.0 cm³/mol. The molecule has 0 aromatic heterocycles. The van der Waals surface area contributed by atoms with E-state index in [1.165, 1.54) is 17.2 Å². The first-order chi connectivity index (χ1) is 10.2. The van der Waals surface area contributed by atoms with Crippen molar-refractivity contribution in [2.75, 3.05) is 7.11 Å². The van der Waals surface area contributed by atoms with E-state index in [1.807, 2.05) is 19.1 Å². The second-order valence-corrected chi connectivity index (χ2v) is 5.08. The van der Waals surface area contributed by atoms with Gasteiger partial charge in [0.05, 0.1) is 7.11 Å². The van der Waals surface area contributed by atoms with Gasteiger partial charge in [0, 0.05) is 18.2 Å². The molecule has 0 radical (unpaired) electrons. The van der Waals surface area contributed by atoms with Crippen molar-refractivity contribution < 1.29 is 9.13 Å². The van der Waals surface area contributed by atoms with Gasteiger partial charge in [-0.25, -0.2) is 4.39 Å². The topological polar surface area (TPSA) is 21.3 Å². The summed E-state index contributed by atoms with van der Waals surface area (Å²) in [5, 5.41) is 3.39. The minimum atomic E-state index is -0.238. The highest BCUT2D eigenvalue weighted by molar-refractivity contribution is 5.37. The average molecular weight is 287 g/mol. The summed E-state index contributed by atoms with van der Waals surface area (Å²) in [6.07, 6.45) is 0.995. The Bertz CT molecular complexity index is 598. The quantitative estimate of drug-likeness (QED) is 0.857. The van der Waals surface area contributed by atoms with Crippen molar-refractivity contribution in [3.63, 3.8) is 0 Å². The van der Waals surface area contributed by atoms with Gasteiger partial charge >= 0.3 is 0 Å². The van der Waals surface area contributed by atoms with E-state index < -0.39 is 0 Å². The average Bonchev–Trinajstić information content (AvgIpc) is 2.52. The number of hydrogen-bond donors (Lipinski definition) is 1. The Labute approximate surface area is 126 Å². The van der Waals surface area contributed by atoms with Gasteiger partial charge < -0.3 is 10.1 Å². The SMILES string of the molecule is CCc1ccccc1CNC(C)c1c(F)cccc1OC. The van der Waals surface area contributed by atoms with Crippen molar-refractivity contribution in [2.45, 2.75) is 32.9 Å². The zero-order valence-corrected chi connectivity index (χ0v) is 12.8. The number of aryl methyl sites for hydroxylation is 1. The second kappa shape index (κ2) is 7.23. The molecule has 0 saturated carbocycles. The van der Waals surface area contributed by atoms with E-state index in [9.17, 15) is 4.39 Å². The van der Waals surface area contributed by atoms with Crippen LogP contribution < -0.4 is 10.1 Å². The number of halogens is 1. The first-order valence-electron chi connectivity index (χ1n) is 7.30. The zero-order valence-electron chi connectivity index (χ0n) is 12.8. The molecule has 0 bridgehead atoms. The molecule has 3 heteroatoms. The molecular weight excluding hydrogens is 265 g/mol. The molecule has 21 heavy (non-hydrogen) atoms. The molecule has 0 spiro atoms. The molecule has 2 aromatic carbocycles. The molecule has 0 heterocycles. The van der Waals surface area contributed by atoms with Gasteiger partial charge in [0.25, 0.3) is 0 Å². The van der Waals surface area contributed by atoms with Crippen LogP contribution in [0.3, 0.4) is 0 Å². The van der Waals surface area contributed by atoms with Crippen LogP contribution >= 0.6 is 0 Å². The van der Waals surface area contributed by atoms with Crippen LogP contribution in [0.5, 0.6) is 5.75 Å². The maximum atomic E-state index is 14.0. The summed E-state index contributed by atoms with van der Waals surface area (Å²) in [4.78, 5) is 0. The lowest BCUT2D eigenvalue weighted by Crippen LogP contribution is -2.20. The molecular formula is C18H22FNO. The van der Waals surface area contributed by atoms with Crippen molar-refractivity contribution in [2.24, 2.45) is 0 Å². The third kappa shape index (κ3) is 3.61. The van der Waals surface area contributed by atoms with E-state index in [4.69, 9.17) is 4.74 Å². The molecule has 1 N–H and O–H groups in total. The van der Waals surface area contributed by atoms with E-state index in [0.29, 0.717) is 17.9 Å². The van der Waals surface area contributed by atoms with Gasteiger partial charge in [0.1, 0.15) is 11.6 Å². The lowest BCUT2D eigenvalue weighted by Gasteiger charge is -2.19. The van der Waals surface area contributed by atoms with Crippen LogP contribution in [0.4, 0.5) is 4.39 Å². The number of ether oxygens (including phenoxy) is 1. The summed E-state index contributed by atoms with van der Waals surface area (Å²) in [5.41, 5.74) is 3.15. The van der Waals surface area contributed by atoms with Crippen LogP contribution in [0.1, 0.15) is 36.6 Å². The normalized spacial score (nSPS) is 12.2. The van der Waals surface area contributed by atoms with E-state index in [0.717, 1.165) is 6.42 Å². The Morgan fingerprint density at radius 3 is 2.48 bits per heavy atom. The summed E-state index contributed by atoms with van der Waals surface area (Å²) < 4.78 is 19.3. The predicted octanol–water partition coefficient (Wildman–Crippen LogP) is 4.25. The molecule has 0 saturated heterocycles.